The lowest BCUT2D eigenvalue weighted by Crippen LogP contribution is -2.39. The lowest BCUT2D eigenvalue weighted by atomic mass is 9.91. The van der Waals surface area contributed by atoms with E-state index >= 15 is 0 Å². The van der Waals surface area contributed by atoms with Crippen molar-refractivity contribution in [3.8, 4) is 0 Å². The van der Waals surface area contributed by atoms with Crippen molar-refractivity contribution in [2.24, 2.45) is 11.1 Å². The van der Waals surface area contributed by atoms with Crippen molar-refractivity contribution < 1.29 is 0 Å². The second kappa shape index (κ2) is 5.26. The third-order valence-electron chi connectivity index (χ3n) is 5.10. The predicted octanol–water partition coefficient (Wildman–Crippen LogP) is 3.07. The van der Waals surface area contributed by atoms with Crippen LogP contribution in [-0.2, 0) is 0 Å². The smallest absolute Gasteiger partial charge is 0.0173 e. The standard InChI is InChI=1S/C17H26N2/c1-17(13-6-4-2-3-5-7-13)12-16(17)19-15-10-8-14(18)9-11-15/h2-4,6-7,14-16,19H,5,8-12,18H2,1H3. The number of nitrogens with two attached hydrogens (primary N) is 1. The maximum atomic E-state index is 5.98. The summed E-state index contributed by atoms with van der Waals surface area (Å²) in [7, 11) is 0. The van der Waals surface area contributed by atoms with Gasteiger partial charge in [-0.15, -0.1) is 0 Å². The number of hydrogen-bond acceptors (Lipinski definition) is 2. The van der Waals surface area contributed by atoms with E-state index in [1.54, 1.807) is 0 Å². The van der Waals surface area contributed by atoms with Gasteiger partial charge in [-0.1, -0.05) is 37.3 Å². The molecule has 0 saturated heterocycles. The minimum atomic E-state index is 0.363. The fraction of sp³-hybridized carbons (Fsp3) is 0.647. The summed E-state index contributed by atoms with van der Waals surface area (Å²) >= 11 is 0. The van der Waals surface area contributed by atoms with Crippen molar-refractivity contribution in [1.82, 2.24) is 5.32 Å². The zero-order valence-electron chi connectivity index (χ0n) is 11.9. The third kappa shape index (κ3) is 2.85. The maximum absolute atomic E-state index is 5.98. The molecule has 104 valence electrons. The highest BCUT2D eigenvalue weighted by Gasteiger charge is 2.52. The van der Waals surface area contributed by atoms with Crippen LogP contribution in [0.4, 0.5) is 0 Å². The van der Waals surface area contributed by atoms with Gasteiger partial charge in [-0.3, -0.25) is 0 Å². The molecule has 3 N–H and O–H groups in total. The number of allylic oxidation sites excluding steroid dienone is 5. The van der Waals surface area contributed by atoms with Gasteiger partial charge in [0.25, 0.3) is 0 Å². The summed E-state index contributed by atoms with van der Waals surface area (Å²) in [5.41, 5.74) is 7.86. The van der Waals surface area contributed by atoms with Crippen LogP contribution in [0.1, 0.15) is 45.4 Å². The topological polar surface area (TPSA) is 38.0 Å². The lowest BCUT2D eigenvalue weighted by molar-refractivity contribution is 0.332. The summed E-state index contributed by atoms with van der Waals surface area (Å²) in [6, 6.07) is 1.81. The molecule has 0 heterocycles. The van der Waals surface area contributed by atoms with Crippen LogP contribution in [0.5, 0.6) is 0 Å². The van der Waals surface area contributed by atoms with E-state index in [1.807, 2.05) is 0 Å². The average Bonchev–Trinajstić information content (AvgIpc) is 3.12. The van der Waals surface area contributed by atoms with Crippen LogP contribution < -0.4 is 11.1 Å². The molecular formula is C17H26N2. The van der Waals surface area contributed by atoms with Crippen LogP contribution in [0.25, 0.3) is 0 Å². The molecule has 0 amide bonds. The summed E-state index contributed by atoms with van der Waals surface area (Å²) in [5.74, 6) is 0. The molecule has 0 aromatic rings. The molecule has 2 heteroatoms. The van der Waals surface area contributed by atoms with Gasteiger partial charge < -0.3 is 11.1 Å². The van der Waals surface area contributed by atoms with Gasteiger partial charge in [0.1, 0.15) is 0 Å². The normalized spacial score (nSPS) is 41.8. The number of hydrogen-bond donors (Lipinski definition) is 2. The Labute approximate surface area is 116 Å². The van der Waals surface area contributed by atoms with Crippen LogP contribution in [0.15, 0.2) is 36.0 Å². The first-order valence-electron chi connectivity index (χ1n) is 7.74. The molecule has 2 atom stereocenters. The summed E-state index contributed by atoms with van der Waals surface area (Å²) in [5, 5.41) is 3.87. The first kappa shape index (κ1) is 13.1. The van der Waals surface area contributed by atoms with Crippen LogP contribution in [0.3, 0.4) is 0 Å². The molecule has 0 spiro atoms. The molecule has 2 unspecified atom stereocenters. The van der Waals surface area contributed by atoms with E-state index in [2.05, 4.69) is 42.6 Å². The highest BCUT2D eigenvalue weighted by atomic mass is 15.0. The van der Waals surface area contributed by atoms with Crippen LogP contribution in [0.2, 0.25) is 0 Å². The van der Waals surface area contributed by atoms with E-state index in [4.69, 9.17) is 5.73 Å². The Morgan fingerprint density at radius 3 is 2.79 bits per heavy atom. The average molecular weight is 258 g/mol. The molecule has 3 rings (SSSR count). The molecule has 0 aromatic heterocycles. The van der Waals surface area contributed by atoms with E-state index in [9.17, 15) is 0 Å². The first-order valence-corrected chi connectivity index (χ1v) is 7.74. The number of nitrogens with one attached hydrogen (secondary N) is 1. The van der Waals surface area contributed by atoms with Gasteiger partial charge in [-0.2, -0.15) is 0 Å². The van der Waals surface area contributed by atoms with Gasteiger partial charge in [0.05, 0.1) is 0 Å². The van der Waals surface area contributed by atoms with E-state index < -0.39 is 0 Å². The van der Waals surface area contributed by atoms with Gasteiger partial charge >= 0.3 is 0 Å². The summed E-state index contributed by atoms with van der Waals surface area (Å²) in [4.78, 5) is 0. The van der Waals surface area contributed by atoms with Crippen LogP contribution in [0, 0.1) is 5.41 Å². The molecule has 3 aliphatic carbocycles. The molecule has 2 saturated carbocycles. The maximum Gasteiger partial charge on any atom is 0.0173 e. The van der Waals surface area contributed by atoms with Gasteiger partial charge in [-0.25, -0.2) is 0 Å². The van der Waals surface area contributed by atoms with Crippen molar-refractivity contribution in [2.45, 2.75) is 63.6 Å². The lowest BCUT2D eigenvalue weighted by Gasteiger charge is -2.28. The monoisotopic (exact) mass is 258 g/mol. The third-order valence-corrected chi connectivity index (χ3v) is 5.10. The Bertz CT molecular complexity index is 413. The Hall–Kier alpha value is -0.860. The second-order valence-corrected chi connectivity index (χ2v) is 6.63. The molecule has 0 bridgehead atoms. The minimum absolute atomic E-state index is 0.363. The van der Waals surface area contributed by atoms with Crippen LogP contribution >= 0.6 is 0 Å². The van der Waals surface area contributed by atoms with Crippen LogP contribution in [-0.4, -0.2) is 18.1 Å². The predicted molar refractivity (Wildman–Crippen MR) is 80.9 cm³/mol. The highest BCUT2D eigenvalue weighted by Crippen LogP contribution is 2.53. The zero-order valence-corrected chi connectivity index (χ0v) is 11.9. The van der Waals surface area contributed by atoms with Gasteiger partial charge in [0, 0.05) is 23.5 Å². The summed E-state index contributed by atoms with van der Waals surface area (Å²) in [6.07, 6.45) is 18.5. The second-order valence-electron chi connectivity index (χ2n) is 6.63. The molecule has 3 aliphatic rings. The summed E-state index contributed by atoms with van der Waals surface area (Å²) in [6.45, 7) is 2.40. The van der Waals surface area contributed by atoms with E-state index in [0.29, 0.717) is 23.5 Å². The largest absolute Gasteiger partial charge is 0.328 e. The van der Waals surface area contributed by atoms with Crippen molar-refractivity contribution in [1.29, 1.82) is 0 Å². The fourth-order valence-electron chi connectivity index (χ4n) is 3.50. The molecule has 2 fully saturated rings. The number of rotatable bonds is 3. The highest BCUT2D eigenvalue weighted by molar-refractivity contribution is 5.38. The van der Waals surface area contributed by atoms with Gasteiger partial charge in [0.2, 0.25) is 0 Å². The van der Waals surface area contributed by atoms with E-state index in [-0.39, 0.29) is 0 Å². The Kier molecular flexibility index (Phi) is 3.64. The van der Waals surface area contributed by atoms with E-state index in [0.717, 1.165) is 6.42 Å². The molecule has 0 aromatic carbocycles. The molecule has 2 nitrogen and oxygen atoms in total. The minimum Gasteiger partial charge on any atom is -0.328 e. The van der Waals surface area contributed by atoms with Crippen molar-refractivity contribution in [3.63, 3.8) is 0 Å². The van der Waals surface area contributed by atoms with E-state index in [1.165, 1.54) is 37.7 Å². The SMILES string of the molecule is CC1(C2=CCC=CC=C2)CC1NC1CCC(N)CC1. The van der Waals surface area contributed by atoms with Crippen molar-refractivity contribution >= 4 is 0 Å². The molecule has 0 aliphatic heterocycles. The van der Waals surface area contributed by atoms with Crippen molar-refractivity contribution in [3.05, 3.63) is 36.0 Å². The summed E-state index contributed by atoms with van der Waals surface area (Å²) < 4.78 is 0. The first-order chi connectivity index (χ1) is 9.18. The zero-order chi connectivity index (χ0) is 13.3. The van der Waals surface area contributed by atoms with Crippen molar-refractivity contribution in [2.75, 3.05) is 0 Å². The molecular weight excluding hydrogens is 232 g/mol. The van der Waals surface area contributed by atoms with Gasteiger partial charge in [0.15, 0.2) is 0 Å². The Balaban J connectivity index is 1.56. The molecule has 0 radical (unpaired) electrons. The Morgan fingerprint density at radius 1 is 1.21 bits per heavy atom. The molecule has 19 heavy (non-hydrogen) atoms. The quantitative estimate of drug-likeness (QED) is 0.816. The fourth-order valence-corrected chi connectivity index (χ4v) is 3.50. The van der Waals surface area contributed by atoms with Gasteiger partial charge in [-0.05, 0) is 44.1 Å². The Morgan fingerprint density at radius 2 is 2.00 bits per heavy atom.